The van der Waals surface area contributed by atoms with Crippen molar-refractivity contribution in [1.29, 1.82) is 0 Å². The summed E-state index contributed by atoms with van der Waals surface area (Å²) in [5.74, 6) is 0.564. The minimum Gasteiger partial charge on any atom is -0.496 e. The van der Waals surface area contributed by atoms with Crippen molar-refractivity contribution in [3.8, 4) is 16.9 Å². The van der Waals surface area contributed by atoms with Crippen LogP contribution in [0.25, 0.3) is 21.3 Å². The number of carbonyl (C=O) groups is 1. The van der Waals surface area contributed by atoms with E-state index >= 15 is 0 Å². The summed E-state index contributed by atoms with van der Waals surface area (Å²) in [7, 11) is 1.63. The molecule has 158 valence electrons. The lowest BCUT2D eigenvalue weighted by Gasteiger charge is -2.10. The molecule has 2 aromatic heterocycles. The molecule has 0 saturated heterocycles. The molecule has 2 heterocycles. The first-order valence-electron chi connectivity index (χ1n) is 9.99. The second-order valence-electron chi connectivity index (χ2n) is 7.28. The lowest BCUT2D eigenvalue weighted by molar-refractivity contribution is -0.121. The Morgan fingerprint density at radius 3 is 2.71 bits per heavy atom. The number of aromatic nitrogens is 2. The predicted molar refractivity (Wildman–Crippen MR) is 124 cm³/mol. The Hall–Kier alpha value is -3.45. The van der Waals surface area contributed by atoms with Gasteiger partial charge in [0.2, 0.25) is 5.91 Å². The number of rotatable bonds is 7. The van der Waals surface area contributed by atoms with Crippen LogP contribution in [0.5, 0.6) is 5.75 Å². The van der Waals surface area contributed by atoms with Gasteiger partial charge in [0.1, 0.15) is 17.1 Å². The van der Waals surface area contributed by atoms with Crippen LogP contribution in [0, 0.1) is 6.92 Å². The highest BCUT2D eigenvalue weighted by Gasteiger charge is 2.14. The molecule has 0 saturated carbocycles. The smallest absolute Gasteiger partial charge is 0.263 e. The van der Waals surface area contributed by atoms with E-state index < -0.39 is 0 Å². The lowest BCUT2D eigenvalue weighted by atomic mass is 10.1. The van der Waals surface area contributed by atoms with Crippen molar-refractivity contribution < 1.29 is 9.53 Å². The van der Waals surface area contributed by atoms with Crippen molar-refractivity contribution in [3.63, 3.8) is 0 Å². The molecule has 2 aromatic carbocycles. The Balaban J connectivity index is 1.49. The van der Waals surface area contributed by atoms with Crippen LogP contribution < -0.4 is 15.6 Å². The number of thiophene rings is 1. The second kappa shape index (κ2) is 9.14. The Bertz CT molecular complexity index is 1280. The van der Waals surface area contributed by atoms with Gasteiger partial charge in [0, 0.05) is 17.5 Å². The fourth-order valence-electron chi connectivity index (χ4n) is 3.48. The molecule has 0 aliphatic rings. The van der Waals surface area contributed by atoms with Crippen molar-refractivity contribution in [1.82, 2.24) is 14.9 Å². The maximum absolute atomic E-state index is 13.1. The molecule has 31 heavy (non-hydrogen) atoms. The Labute approximate surface area is 184 Å². The number of nitrogens with one attached hydrogen (secondary N) is 1. The van der Waals surface area contributed by atoms with Gasteiger partial charge in [-0.15, -0.1) is 11.3 Å². The summed E-state index contributed by atoms with van der Waals surface area (Å²) in [5.41, 5.74) is 3.79. The third-order valence-corrected chi connectivity index (χ3v) is 6.03. The van der Waals surface area contributed by atoms with Gasteiger partial charge in [-0.05, 0) is 30.5 Å². The number of methoxy groups -OCH3 is 1. The summed E-state index contributed by atoms with van der Waals surface area (Å²) >= 11 is 1.43. The van der Waals surface area contributed by atoms with E-state index in [0.29, 0.717) is 23.2 Å². The fraction of sp³-hybridized carbons (Fsp3) is 0.208. The van der Waals surface area contributed by atoms with Crippen LogP contribution >= 0.6 is 11.3 Å². The molecular formula is C24H23N3O3S. The van der Waals surface area contributed by atoms with E-state index in [9.17, 15) is 9.59 Å². The summed E-state index contributed by atoms with van der Waals surface area (Å²) in [6.45, 7) is 2.41. The van der Waals surface area contributed by atoms with Crippen LogP contribution in [0.4, 0.5) is 0 Å². The molecule has 4 aromatic rings. The summed E-state index contributed by atoms with van der Waals surface area (Å²) < 4.78 is 6.70. The van der Waals surface area contributed by atoms with Gasteiger partial charge in [0.25, 0.3) is 5.56 Å². The number of hydrogen-bond acceptors (Lipinski definition) is 5. The van der Waals surface area contributed by atoms with Crippen molar-refractivity contribution >= 4 is 27.5 Å². The van der Waals surface area contributed by atoms with Crippen LogP contribution in [0.2, 0.25) is 0 Å². The summed E-state index contributed by atoms with van der Waals surface area (Å²) in [5, 5.41) is 5.37. The standard InChI is InChI=1S/C24H23N3O3S/c1-16-7-9-17(10-8-16)19-14-31-23-22(19)24(29)27(15-26-23)13-21(28)25-12-11-18-5-3-4-6-20(18)30-2/h3-10,14-15H,11-13H2,1-2H3,(H,25,28). The van der Waals surface area contributed by atoms with E-state index in [1.165, 1.54) is 22.2 Å². The van der Waals surface area contributed by atoms with E-state index in [0.717, 1.165) is 28.0 Å². The van der Waals surface area contributed by atoms with Gasteiger partial charge in [0.15, 0.2) is 0 Å². The molecule has 0 radical (unpaired) electrons. The number of carbonyl (C=O) groups excluding carboxylic acids is 1. The van der Waals surface area contributed by atoms with Gasteiger partial charge in [0.05, 0.1) is 18.8 Å². The van der Waals surface area contributed by atoms with Gasteiger partial charge in [-0.25, -0.2) is 4.98 Å². The highest BCUT2D eigenvalue weighted by molar-refractivity contribution is 7.17. The third kappa shape index (κ3) is 4.51. The van der Waals surface area contributed by atoms with Crippen LogP contribution in [0.1, 0.15) is 11.1 Å². The van der Waals surface area contributed by atoms with E-state index in [2.05, 4.69) is 10.3 Å². The minimum atomic E-state index is -0.231. The van der Waals surface area contributed by atoms with Gasteiger partial charge in [-0.1, -0.05) is 48.0 Å². The van der Waals surface area contributed by atoms with E-state index in [-0.39, 0.29) is 18.0 Å². The molecule has 0 bridgehead atoms. The molecule has 0 atom stereocenters. The average Bonchev–Trinajstić information content (AvgIpc) is 3.21. The summed E-state index contributed by atoms with van der Waals surface area (Å²) in [6.07, 6.45) is 2.09. The molecule has 0 aliphatic carbocycles. The molecule has 6 nitrogen and oxygen atoms in total. The second-order valence-corrected chi connectivity index (χ2v) is 8.14. The molecular weight excluding hydrogens is 410 g/mol. The van der Waals surface area contributed by atoms with Crippen molar-refractivity contribution in [2.24, 2.45) is 0 Å². The number of para-hydroxylation sites is 1. The number of aryl methyl sites for hydroxylation is 1. The zero-order chi connectivity index (χ0) is 21.8. The van der Waals surface area contributed by atoms with Gasteiger partial charge >= 0.3 is 0 Å². The van der Waals surface area contributed by atoms with Crippen LogP contribution in [-0.4, -0.2) is 29.1 Å². The maximum atomic E-state index is 13.1. The average molecular weight is 434 g/mol. The van der Waals surface area contributed by atoms with Gasteiger partial charge in [-0.3, -0.25) is 14.2 Å². The highest BCUT2D eigenvalue weighted by Crippen LogP contribution is 2.30. The first-order chi connectivity index (χ1) is 15.1. The Kier molecular flexibility index (Phi) is 6.13. The first kappa shape index (κ1) is 20.8. The topological polar surface area (TPSA) is 73.2 Å². The van der Waals surface area contributed by atoms with Crippen molar-refractivity contribution in [2.45, 2.75) is 19.9 Å². The van der Waals surface area contributed by atoms with E-state index in [1.54, 1.807) is 7.11 Å². The number of nitrogens with zero attached hydrogens (tertiary/aromatic N) is 2. The first-order valence-corrected chi connectivity index (χ1v) is 10.9. The van der Waals surface area contributed by atoms with Gasteiger partial charge < -0.3 is 10.1 Å². The molecule has 1 amide bonds. The number of benzene rings is 2. The van der Waals surface area contributed by atoms with Crippen LogP contribution in [-0.2, 0) is 17.8 Å². The van der Waals surface area contributed by atoms with Crippen molar-refractivity contribution in [3.05, 3.63) is 81.7 Å². The largest absolute Gasteiger partial charge is 0.496 e. The molecule has 0 fully saturated rings. The molecule has 1 N–H and O–H groups in total. The number of hydrogen-bond donors (Lipinski definition) is 1. The third-order valence-electron chi connectivity index (χ3n) is 5.15. The normalized spacial score (nSPS) is 10.9. The zero-order valence-electron chi connectivity index (χ0n) is 17.4. The molecule has 0 spiro atoms. The fourth-order valence-corrected chi connectivity index (χ4v) is 4.39. The molecule has 0 unspecified atom stereocenters. The summed E-state index contributed by atoms with van der Waals surface area (Å²) in [4.78, 5) is 30.6. The summed E-state index contributed by atoms with van der Waals surface area (Å²) in [6, 6.07) is 15.7. The SMILES string of the molecule is COc1ccccc1CCNC(=O)Cn1cnc2scc(-c3ccc(C)cc3)c2c1=O. The quantitative estimate of drug-likeness (QED) is 0.481. The van der Waals surface area contributed by atoms with Crippen LogP contribution in [0.15, 0.2) is 65.0 Å². The number of ether oxygens (including phenoxy) is 1. The maximum Gasteiger partial charge on any atom is 0.263 e. The zero-order valence-corrected chi connectivity index (χ0v) is 18.2. The highest BCUT2D eigenvalue weighted by atomic mass is 32.1. The van der Waals surface area contributed by atoms with Crippen LogP contribution in [0.3, 0.4) is 0 Å². The predicted octanol–water partition coefficient (Wildman–Crippen LogP) is 3.80. The van der Waals surface area contributed by atoms with E-state index in [1.807, 2.05) is 60.8 Å². The molecule has 7 heteroatoms. The Morgan fingerprint density at radius 2 is 1.94 bits per heavy atom. The van der Waals surface area contributed by atoms with Gasteiger partial charge in [-0.2, -0.15) is 0 Å². The lowest BCUT2D eigenvalue weighted by Crippen LogP contribution is -2.33. The Morgan fingerprint density at radius 1 is 1.16 bits per heavy atom. The molecule has 4 rings (SSSR count). The number of amides is 1. The minimum absolute atomic E-state index is 0.0725. The monoisotopic (exact) mass is 433 g/mol. The molecule has 0 aliphatic heterocycles. The van der Waals surface area contributed by atoms with Crippen molar-refractivity contribution in [2.75, 3.05) is 13.7 Å². The number of fused-ring (bicyclic) bond motifs is 1. The van der Waals surface area contributed by atoms with E-state index in [4.69, 9.17) is 4.74 Å².